The van der Waals surface area contributed by atoms with Crippen molar-refractivity contribution in [1.29, 1.82) is 0 Å². The molecule has 0 bridgehead atoms. The Morgan fingerprint density at radius 2 is 1.72 bits per heavy atom. The average molecular weight is 485 g/mol. The number of allylic oxidation sites excluding steroid dienone is 2. The van der Waals surface area contributed by atoms with Crippen molar-refractivity contribution in [2.75, 3.05) is 30.9 Å². The zero-order valence-corrected chi connectivity index (χ0v) is 22.0. The van der Waals surface area contributed by atoms with Crippen molar-refractivity contribution in [3.8, 4) is 0 Å². The predicted octanol–water partition coefficient (Wildman–Crippen LogP) is 6.83. The first kappa shape index (κ1) is 25.7. The molecule has 0 spiro atoms. The fourth-order valence-corrected chi connectivity index (χ4v) is 4.81. The summed E-state index contributed by atoms with van der Waals surface area (Å²) in [5.74, 6) is 0.123. The average Bonchev–Trinajstić information content (AvgIpc) is 2.91. The lowest BCUT2D eigenvalue weighted by molar-refractivity contribution is 0.0708. The van der Waals surface area contributed by atoms with Gasteiger partial charge in [0, 0.05) is 44.1 Å². The summed E-state index contributed by atoms with van der Waals surface area (Å²) in [6, 6.07) is 16.4. The van der Waals surface area contributed by atoms with E-state index in [9.17, 15) is 4.79 Å². The second-order valence-corrected chi connectivity index (χ2v) is 9.97. The Morgan fingerprint density at radius 1 is 0.972 bits per heavy atom. The summed E-state index contributed by atoms with van der Waals surface area (Å²) in [6.45, 7) is 3.68. The molecule has 36 heavy (non-hydrogen) atoms. The number of carbonyl (C=O) groups is 1. The van der Waals surface area contributed by atoms with E-state index in [0.29, 0.717) is 6.54 Å². The van der Waals surface area contributed by atoms with E-state index in [1.807, 2.05) is 43.3 Å². The van der Waals surface area contributed by atoms with Gasteiger partial charge >= 0.3 is 0 Å². The van der Waals surface area contributed by atoms with Gasteiger partial charge in [0.25, 0.3) is 5.91 Å². The molecule has 0 fully saturated rings. The molecule has 0 aromatic heterocycles. The van der Waals surface area contributed by atoms with Crippen LogP contribution < -0.4 is 10.2 Å². The van der Waals surface area contributed by atoms with Crippen LogP contribution in [0.5, 0.6) is 0 Å². The van der Waals surface area contributed by atoms with Crippen molar-refractivity contribution in [2.45, 2.75) is 64.6 Å². The largest absolute Gasteiger partial charge is 0.378 e. The number of amides is 1. The molecule has 1 unspecified atom stereocenters. The molecule has 1 aliphatic carbocycles. The van der Waals surface area contributed by atoms with E-state index in [1.165, 1.54) is 43.4 Å². The summed E-state index contributed by atoms with van der Waals surface area (Å²) >= 11 is 0. The minimum absolute atomic E-state index is 0.123. The van der Waals surface area contributed by atoms with Crippen LogP contribution in [-0.4, -0.2) is 43.3 Å². The zero-order valence-electron chi connectivity index (χ0n) is 22.0. The lowest BCUT2D eigenvalue weighted by Crippen LogP contribution is -2.50. The minimum Gasteiger partial charge on any atom is -0.378 e. The number of hydrogen-bond donors (Lipinski definition) is 1. The van der Waals surface area contributed by atoms with Gasteiger partial charge in [0.2, 0.25) is 0 Å². The van der Waals surface area contributed by atoms with Gasteiger partial charge in [-0.15, -0.1) is 0 Å². The molecule has 190 valence electrons. The van der Waals surface area contributed by atoms with Crippen molar-refractivity contribution in [1.82, 2.24) is 4.90 Å². The quantitative estimate of drug-likeness (QED) is 0.355. The van der Waals surface area contributed by atoms with Gasteiger partial charge in [0.1, 0.15) is 6.17 Å². The van der Waals surface area contributed by atoms with Crippen LogP contribution >= 0.6 is 0 Å². The van der Waals surface area contributed by atoms with Crippen LogP contribution in [0.2, 0.25) is 0 Å². The zero-order chi connectivity index (χ0) is 25.3. The van der Waals surface area contributed by atoms with Gasteiger partial charge in [0.05, 0.1) is 12.1 Å². The third kappa shape index (κ3) is 6.45. The Hall–Kier alpha value is -3.34. The maximum absolute atomic E-state index is 13.4. The molecule has 2 aromatic rings. The highest BCUT2D eigenvalue weighted by Gasteiger charge is 2.33. The van der Waals surface area contributed by atoms with Crippen molar-refractivity contribution >= 4 is 23.0 Å². The van der Waals surface area contributed by atoms with Gasteiger partial charge < -0.3 is 15.1 Å². The summed E-state index contributed by atoms with van der Waals surface area (Å²) in [7, 11) is 4.10. The van der Waals surface area contributed by atoms with E-state index in [0.717, 1.165) is 41.9 Å². The molecule has 1 heterocycles. The van der Waals surface area contributed by atoms with E-state index in [1.54, 1.807) is 0 Å². The van der Waals surface area contributed by atoms with E-state index >= 15 is 0 Å². The van der Waals surface area contributed by atoms with Gasteiger partial charge in [-0.3, -0.25) is 9.79 Å². The Balaban J connectivity index is 1.41. The Morgan fingerprint density at radius 3 is 2.44 bits per heavy atom. The van der Waals surface area contributed by atoms with Gasteiger partial charge in [-0.25, -0.2) is 0 Å². The molecule has 0 radical (unpaired) electrons. The maximum Gasteiger partial charge on any atom is 0.257 e. The molecular weight excluding hydrogens is 444 g/mol. The van der Waals surface area contributed by atoms with Gasteiger partial charge in [0.15, 0.2) is 0 Å². The number of nitrogens with one attached hydrogen (secondary N) is 1. The second kappa shape index (κ2) is 12.6. The molecule has 1 N–H and O–H groups in total. The number of anilines is 2. The summed E-state index contributed by atoms with van der Waals surface area (Å²) < 4.78 is 0. The van der Waals surface area contributed by atoms with Crippen LogP contribution in [0.15, 0.2) is 77.3 Å². The van der Waals surface area contributed by atoms with Gasteiger partial charge in [-0.05, 0) is 47.9 Å². The van der Waals surface area contributed by atoms with Crippen LogP contribution in [0.3, 0.4) is 0 Å². The molecular formula is C31H40N4O. The Kier molecular flexibility index (Phi) is 8.99. The lowest BCUT2D eigenvalue weighted by atomic mass is 9.98. The summed E-state index contributed by atoms with van der Waals surface area (Å²) in [5, 5.41) is 3.64. The second-order valence-electron chi connectivity index (χ2n) is 9.97. The number of benzene rings is 2. The number of unbranched alkanes of at least 4 members (excludes halogenated alkanes) is 5. The normalized spacial score (nSPS) is 18.1. The van der Waals surface area contributed by atoms with Crippen molar-refractivity contribution in [2.24, 2.45) is 4.99 Å². The predicted molar refractivity (Wildman–Crippen MR) is 152 cm³/mol. The molecule has 5 heteroatoms. The molecule has 1 amide bonds. The third-order valence-electron chi connectivity index (χ3n) is 7.02. The molecule has 1 atom stereocenters. The first-order valence-corrected chi connectivity index (χ1v) is 13.4. The van der Waals surface area contributed by atoms with E-state index in [-0.39, 0.29) is 12.1 Å². The Labute approximate surface area is 216 Å². The summed E-state index contributed by atoms with van der Waals surface area (Å²) in [4.78, 5) is 22.4. The number of hydrogen-bond acceptors (Lipinski definition) is 4. The van der Waals surface area contributed by atoms with Crippen LogP contribution in [0.1, 0.15) is 67.8 Å². The summed E-state index contributed by atoms with van der Waals surface area (Å²) in [5.41, 5.74) is 6.29. The van der Waals surface area contributed by atoms with Crippen LogP contribution in [0.25, 0.3) is 0 Å². The SMILES string of the molecule is CCCCCCCCN1C(=O)c2ccccc2NC1C1=CCC(=NCc2ccc(N(C)C)cc2)C=C1. The highest BCUT2D eigenvalue weighted by Crippen LogP contribution is 2.30. The Bertz CT molecular complexity index is 1110. The van der Waals surface area contributed by atoms with Gasteiger partial charge in [-0.2, -0.15) is 0 Å². The number of nitrogens with zero attached hydrogens (tertiary/aromatic N) is 3. The van der Waals surface area contributed by atoms with Crippen LogP contribution in [0, 0.1) is 0 Å². The highest BCUT2D eigenvalue weighted by molar-refractivity contribution is 6.02. The summed E-state index contributed by atoms with van der Waals surface area (Å²) in [6.07, 6.45) is 14.4. The van der Waals surface area contributed by atoms with E-state index in [4.69, 9.17) is 4.99 Å². The number of carbonyl (C=O) groups excluding carboxylic acids is 1. The lowest BCUT2D eigenvalue weighted by Gasteiger charge is -2.39. The standard InChI is InChI=1S/C31H40N4O/c1-4-5-6-7-8-11-22-35-30(33-29-13-10-9-12-28(29)31(35)36)25-16-18-26(19-17-25)32-23-24-14-20-27(21-15-24)34(2)3/h9-10,12-18,20-21,30,33H,4-8,11,19,22-23H2,1-3H3. The molecule has 4 rings (SSSR count). The van der Waals surface area contributed by atoms with Crippen molar-refractivity contribution < 1.29 is 4.79 Å². The fourth-order valence-electron chi connectivity index (χ4n) is 4.81. The fraction of sp³-hybridized carbons (Fsp3) is 0.419. The minimum atomic E-state index is -0.139. The molecule has 2 aliphatic rings. The number of rotatable bonds is 11. The third-order valence-corrected chi connectivity index (χ3v) is 7.02. The molecule has 5 nitrogen and oxygen atoms in total. The van der Waals surface area contributed by atoms with Crippen LogP contribution in [-0.2, 0) is 6.54 Å². The number of fused-ring (bicyclic) bond motifs is 1. The maximum atomic E-state index is 13.4. The van der Waals surface area contributed by atoms with E-state index in [2.05, 4.69) is 59.6 Å². The molecule has 1 aliphatic heterocycles. The number of para-hydroxylation sites is 1. The van der Waals surface area contributed by atoms with E-state index < -0.39 is 0 Å². The first-order chi connectivity index (χ1) is 17.6. The monoisotopic (exact) mass is 484 g/mol. The van der Waals surface area contributed by atoms with Crippen LogP contribution in [0.4, 0.5) is 11.4 Å². The van der Waals surface area contributed by atoms with Crippen molar-refractivity contribution in [3.05, 3.63) is 83.5 Å². The van der Waals surface area contributed by atoms with Gasteiger partial charge in [-0.1, -0.05) is 75.4 Å². The topological polar surface area (TPSA) is 47.9 Å². The van der Waals surface area contributed by atoms with Crippen molar-refractivity contribution in [3.63, 3.8) is 0 Å². The molecule has 2 aromatic carbocycles. The highest BCUT2D eigenvalue weighted by atomic mass is 16.2. The number of aliphatic imine (C=N–C) groups is 1. The molecule has 0 saturated heterocycles. The smallest absolute Gasteiger partial charge is 0.257 e. The molecule has 0 saturated carbocycles. The first-order valence-electron chi connectivity index (χ1n) is 13.4.